The fourth-order valence-corrected chi connectivity index (χ4v) is 2.68. The van der Waals surface area contributed by atoms with Gasteiger partial charge in [-0.25, -0.2) is 0 Å². The van der Waals surface area contributed by atoms with Crippen LogP contribution in [0.25, 0.3) is 0 Å². The van der Waals surface area contributed by atoms with E-state index >= 15 is 0 Å². The van der Waals surface area contributed by atoms with Crippen LogP contribution in [-0.2, 0) is 7.05 Å². The Balaban J connectivity index is 3.33. The van der Waals surface area contributed by atoms with Crippen molar-refractivity contribution in [3.63, 3.8) is 0 Å². The van der Waals surface area contributed by atoms with E-state index in [1.807, 2.05) is 11.7 Å². The second kappa shape index (κ2) is 3.66. The predicted octanol–water partition coefficient (Wildman–Crippen LogP) is 2.93. The summed E-state index contributed by atoms with van der Waals surface area (Å²) < 4.78 is 2.87. The Labute approximate surface area is 82.3 Å². The minimum atomic E-state index is 0.519. The molecule has 1 N–H and O–H groups in total. The van der Waals surface area contributed by atoms with E-state index in [4.69, 9.17) is 12.2 Å². The van der Waals surface area contributed by atoms with E-state index in [1.165, 1.54) is 10.6 Å². The molecule has 0 atom stereocenters. The summed E-state index contributed by atoms with van der Waals surface area (Å²) in [6.45, 7) is 4.36. The molecule has 0 fully saturated rings. The molecule has 0 bridgehead atoms. The van der Waals surface area contributed by atoms with Crippen LogP contribution < -0.4 is 0 Å². The van der Waals surface area contributed by atoms with Crippen LogP contribution in [0.2, 0.25) is 0 Å². The highest BCUT2D eigenvalue weighted by Gasteiger charge is 2.12. The van der Waals surface area contributed by atoms with Gasteiger partial charge in [-0.2, -0.15) is 0 Å². The van der Waals surface area contributed by atoms with E-state index in [2.05, 4.69) is 25.2 Å². The predicted molar refractivity (Wildman–Crippen MR) is 56.5 cm³/mol. The van der Waals surface area contributed by atoms with Gasteiger partial charge in [0.2, 0.25) is 0 Å². The Morgan fingerprint density at radius 2 is 2.08 bits per heavy atom. The first-order valence-electron chi connectivity index (χ1n) is 3.90. The summed E-state index contributed by atoms with van der Waals surface area (Å²) >= 11 is 6.90. The molecule has 0 saturated carbocycles. The van der Waals surface area contributed by atoms with Crippen molar-refractivity contribution in [2.24, 2.45) is 7.05 Å². The van der Waals surface area contributed by atoms with Crippen molar-refractivity contribution in [2.45, 2.75) is 24.7 Å². The van der Waals surface area contributed by atoms with Crippen molar-refractivity contribution in [2.75, 3.05) is 6.26 Å². The minimum Gasteiger partial charge on any atom is -0.293 e. The van der Waals surface area contributed by atoms with Gasteiger partial charge in [-0.1, -0.05) is 26.1 Å². The Morgan fingerprint density at radius 1 is 1.50 bits per heavy atom. The molecular weight excluding hydrogens is 188 g/mol. The summed E-state index contributed by atoms with van der Waals surface area (Å²) in [5, 5.41) is 3.12. The molecule has 1 aromatic heterocycles. The number of hydrogen-bond acceptors (Lipinski definition) is 2. The van der Waals surface area contributed by atoms with E-state index in [1.54, 1.807) is 11.8 Å². The van der Waals surface area contributed by atoms with E-state index in [9.17, 15) is 0 Å². The lowest BCUT2D eigenvalue weighted by atomic mass is 10.1. The van der Waals surface area contributed by atoms with Crippen LogP contribution in [0.3, 0.4) is 0 Å². The lowest BCUT2D eigenvalue weighted by molar-refractivity contribution is 0.660. The molecule has 1 rings (SSSR count). The van der Waals surface area contributed by atoms with Gasteiger partial charge in [0.15, 0.2) is 0 Å². The number of nitrogens with one attached hydrogen (secondary N) is 1. The van der Waals surface area contributed by atoms with Crippen molar-refractivity contribution >= 4 is 24.0 Å². The molecule has 0 aromatic carbocycles. The van der Waals surface area contributed by atoms with Gasteiger partial charge < -0.3 is 0 Å². The molecule has 0 amide bonds. The SMILES string of the molecule is CSc1c(C(C)C)n(C)[nH]c1=S. The van der Waals surface area contributed by atoms with Crippen molar-refractivity contribution in [1.82, 2.24) is 9.78 Å². The zero-order valence-electron chi connectivity index (χ0n) is 7.84. The van der Waals surface area contributed by atoms with Crippen molar-refractivity contribution in [3.8, 4) is 0 Å². The van der Waals surface area contributed by atoms with Crippen molar-refractivity contribution < 1.29 is 0 Å². The zero-order valence-corrected chi connectivity index (χ0v) is 9.47. The molecule has 0 spiro atoms. The molecule has 4 heteroatoms. The zero-order chi connectivity index (χ0) is 9.30. The lowest BCUT2D eigenvalue weighted by Gasteiger charge is -2.07. The fourth-order valence-electron chi connectivity index (χ4n) is 1.38. The van der Waals surface area contributed by atoms with Gasteiger partial charge in [0, 0.05) is 7.05 Å². The Hall–Kier alpha value is -0.220. The summed E-state index contributed by atoms with van der Waals surface area (Å²) in [5.74, 6) is 0.519. The van der Waals surface area contributed by atoms with Crippen molar-refractivity contribution in [1.29, 1.82) is 0 Å². The number of nitrogens with zero attached hydrogens (tertiary/aromatic N) is 1. The monoisotopic (exact) mass is 202 g/mol. The minimum absolute atomic E-state index is 0.519. The maximum Gasteiger partial charge on any atom is 0.133 e. The molecule has 1 heterocycles. The third-order valence-corrected chi connectivity index (χ3v) is 3.07. The second-order valence-corrected chi connectivity index (χ2v) is 4.30. The number of hydrogen-bond donors (Lipinski definition) is 1. The number of thioether (sulfide) groups is 1. The smallest absolute Gasteiger partial charge is 0.133 e. The molecule has 0 aliphatic rings. The summed E-state index contributed by atoms with van der Waals surface area (Å²) in [5.41, 5.74) is 1.30. The summed E-state index contributed by atoms with van der Waals surface area (Å²) in [6, 6.07) is 0. The van der Waals surface area contributed by atoms with Crippen LogP contribution in [0.15, 0.2) is 4.90 Å². The van der Waals surface area contributed by atoms with Crippen molar-refractivity contribution in [3.05, 3.63) is 10.3 Å². The highest BCUT2D eigenvalue weighted by Crippen LogP contribution is 2.27. The van der Waals surface area contributed by atoms with Gasteiger partial charge in [0.05, 0.1) is 10.6 Å². The first-order valence-corrected chi connectivity index (χ1v) is 5.54. The first-order chi connectivity index (χ1) is 5.57. The largest absolute Gasteiger partial charge is 0.293 e. The first kappa shape index (κ1) is 9.86. The average molecular weight is 202 g/mol. The maximum atomic E-state index is 5.18. The molecule has 12 heavy (non-hydrogen) atoms. The van der Waals surface area contributed by atoms with E-state index in [0.717, 1.165) is 4.64 Å². The van der Waals surface area contributed by atoms with E-state index in [0.29, 0.717) is 5.92 Å². The second-order valence-electron chi connectivity index (χ2n) is 3.07. The lowest BCUT2D eigenvalue weighted by Crippen LogP contribution is -2.00. The summed E-state index contributed by atoms with van der Waals surface area (Å²) in [4.78, 5) is 1.21. The van der Waals surface area contributed by atoms with Crippen LogP contribution in [0, 0.1) is 4.64 Å². The topological polar surface area (TPSA) is 20.7 Å². The van der Waals surface area contributed by atoms with Gasteiger partial charge >= 0.3 is 0 Å². The van der Waals surface area contributed by atoms with Crippen LogP contribution in [0.4, 0.5) is 0 Å². The molecule has 0 radical (unpaired) electrons. The highest BCUT2D eigenvalue weighted by molar-refractivity contribution is 7.98. The standard InChI is InChI=1S/C8H14N2S2/c1-5(2)6-7(12-4)8(11)9-10(6)3/h5H,1-4H3,(H,9,11). The molecular formula is C8H14N2S2. The highest BCUT2D eigenvalue weighted by atomic mass is 32.2. The summed E-state index contributed by atoms with van der Waals surface area (Å²) in [7, 11) is 2.00. The van der Waals surface area contributed by atoms with Gasteiger partial charge in [-0.15, -0.1) is 11.8 Å². The normalized spacial score (nSPS) is 11.1. The maximum absolute atomic E-state index is 5.18. The Bertz CT molecular complexity index is 322. The van der Waals surface area contributed by atoms with E-state index in [-0.39, 0.29) is 0 Å². The third kappa shape index (κ3) is 1.59. The number of rotatable bonds is 2. The quantitative estimate of drug-likeness (QED) is 0.588. The van der Waals surface area contributed by atoms with Crippen LogP contribution in [0.5, 0.6) is 0 Å². The number of H-pyrrole nitrogens is 1. The van der Waals surface area contributed by atoms with E-state index < -0.39 is 0 Å². The van der Waals surface area contributed by atoms with Gasteiger partial charge in [-0.3, -0.25) is 9.78 Å². The van der Waals surface area contributed by atoms with Crippen LogP contribution >= 0.6 is 24.0 Å². The molecule has 68 valence electrons. The van der Waals surface area contributed by atoms with Crippen LogP contribution in [0.1, 0.15) is 25.5 Å². The average Bonchev–Trinajstić information content (AvgIpc) is 2.24. The third-order valence-electron chi connectivity index (χ3n) is 1.82. The molecule has 0 unspecified atom stereocenters. The van der Waals surface area contributed by atoms with Gasteiger partial charge in [0.25, 0.3) is 0 Å². The molecule has 1 aromatic rings. The van der Waals surface area contributed by atoms with Gasteiger partial charge in [-0.05, 0) is 12.2 Å². The Kier molecular flexibility index (Phi) is 3.01. The van der Waals surface area contributed by atoms with Crippen LogP contribution in [-0.4, -0.2) is 16.0 Å². The van der Waals surface area contributed by atoms with Gasteiger partial charge in [0.1, 0.15) is 4.64 Å². The number of aromatic amines is 1. The molecule has 0 saturated heterocycles. The fraction of sp³-hybridized carbons (Fsp3) is 0.625. The molecule has 0 aliphatic carbocycles. The molecule has 2 nitrogen and oxygen atoms in total. The Morgan fingerprint density at radius 3 is 2.42 bits per heavy atom. The number of aryl methyl sites for hydroxylation is 1. The number of aromatic nitrogens is 2. The molecule has 0 aliphatic heterocycles. The summed E-state index contributed by atoms with van der Waals surface area (Å²) in [6.07, 6.45) is 2.06.